The highest BCUT2D eigenvalue weighted by atomic mass is 32.2. The Morgan fingerprint density at radius 3 is 2.78 bits per heavy atom. The standard InChI is InChI=1S/C14H14N6O2S/c1-7(12(21)18-13(15)22)23-14-17-10-6-4-3-5-9(10)11-16-8(2)19-20(11)14/h3-7H,1-2H3,(H3,15,18,21,22)/t7-/m1/s1. The van der Waals surface area contributed by atoms with Crippen molar-refractivity contribution in [2.24, 2.45) is 5.73 Å². The van der Waals surface area contributed by atoms with Crippen molar-refractivity contribution in [1.82, 2.24) is 24.9 Å². The number of benzene rings is 1. The van der Waals surface area contributed by atoms with Crippen LogP contribution in [0.4, 0.5) is 4.79 Å². The first-order valence-corrected chi connectivity index (χ1v) is 7.73. The van der Waals surface area contributed by atoms with Gasteiger partial charge in [0.25, 0.3) is 0 Å². The van der Waals surface area contributed by atoms with Gasteiger partial charge in [0, 0.05) is 5.39 Å². The van der Waals surface area contributed by atoms with Gasteiger partial charge in [-0.2, -0.15) is 4.52 Å². The van der Waals surface area contributed by atoms with Crippen LogP contribution in [0.2, 0.25) is 0 Å². The fourth-order valence-corrected chi connectivity index (χ4v) is 3.00. The number of hydrogen-bond acceptors (Lipinski definition) is 6. The van der Waals surface area contributed by atoms with E-state index in [9.17, 15) is 9.59 Å². The van der Waals surface area contributed by atoms with E-state index in [4.69, 9.17) is 5.73 Å². The summed E-state index contributed by atoms with van der Waals surface area (Å²) in [7, 11) is 0. The van der Waals surface area contributed by atoms with Crippen molar-refractivity contribution in [3.63, 3.8) is 0 Å². The molecule has 0 aliphatic carbocycles. The van der Waals surface area contributed by atoms with Crippen LogP contribution in [0.3, 0.4) is 0 Å². The summed E-state index contributed by atoms with van der Waals surface area (Å²) in [6.45, 7) is 3.45. The van der Waals surface area contributed by atoms with Gasteiger partial charge in [-0.25, -0.2) is 14.8 Å². The van der Waals surface area contributed by atoms with Gasteiger partial charge in [-0.15, -0.1) is 5.10 Å². The van der Waals surface area contributed by atoms with E-state index in [0.717, 1.165) is 10.9 Å². The number of primary amides is 1. The molecule has 3 amide bonds. The highest BCUT2D eigenvalue weighted by Gasteiger charge is 2.20. The molecule has 0 radical (unpaired) electrons. The Bertz CT molecular complexity index is 922. The summed E-state index contributed by atoms with van der Waals surface area (Å²) in [4.78, 5) is 31.6. The van der Waals surface area contributed by atoms with Gasteiger partial charge < -0.3 is 5.73 Å². The SMILES string of the molecule is Cc1nc2c3ccccc3nc(S[C@H](C)C(=O)NC(N)=O)n2n1. The zero-order chi connectivity index (χ0) is 16.6. The molecule has 0 aliphatic heterocycles. The van der Waals surface area contributed by atoms with Gasteiger partial charge >= 0.3 is 6.03 Å². The lowest BCUT2D eigenvalue weighted by Crippen LogP contribution is -2.39. The van der Waals surface area contributed by atoms with Crippen molar-refractivity contribution < 1.29 is 9.59 Å². The molecule has 3 N–H and O–H groups in total. The number of amides is 3. The minimum Gasteiger partial charge on any atom is -0.351 e. The van der Waals surface area contributed by atoms with Gasteiger partial charge in [0.1, 0.15) is 5.82 Å². The molecular weight excluding hydrogens is 316 g/mol. The molecule has 0 fully saturated rings. The summed E-state index contributed by atoms with van der Waals surface area (Å²) in [6, 6.07) is 6.70. The van der Waals surface area contributed by atoms with E-state index in [2.05, 4.69) is 20.4 Å². The number of para-hydroxylation sites is 1. The first kappa shape index (κ1) is 15.2. The van der Waals surface area contributed by atoms with Crippen LogP contribution in [0.25, 0.3) is 16.6 Å². The summed E-state index contributed by atoms with van der Waals surface area (Å²) in [5.41, 5.74) is 6.41. The van der Waals surface area contributed by atoms with Crippen molar-refractivity contribution in [2.75, 3.05) is 0 Å². The molecule has 9 heteroatoms. The minimum absolute atomic E-state index is 0.484. The fraction of sp³-hybridized carbons (Fsp3) is 0.214. The molecule has 0 saturated heterocycles. The van der Waals surface area contributed by atoms with E-state index in [1.807, 2.05) is 24.3 Å². The van der Waals surface area contributed by atoms with Crippen LogP contribution in [0, 0.1) is 6.92 Å². The summed E-state index contributed by atoms with van der Waals surface area (Å²) < 4.78 is 1.61. The average molecular weight is 330 g/mol. The molecule has 0 bridgehead atoms. The molecule has 0 unspecified atom stereocenters. The minimum atomic E-state index is -0.879. The molecule has 0 saturated carbocycles. The monoisotopic (exact) mass is 330 g/mol. The van der Waals surface area contributed by atoms with Crippen LogP contribution >= 0.6 is 11.8 Å². The van der Waals surface area contributed by atoms with E-state index in [0.29, 0.717) is 16.6 Å². The Kier molecular flexibility index (Phi) is 3.87. The van der Waals surface area contributed by atoms with E-state index >= 15 is 0 Å². The van der Waals surface area contributed by atoms with E-state index < -0.39 is 17.2 Å². The molecule has 3 rings (SSSR count). The number of aromatic nitrogens is 4. The fourth-order valence-electron chi connectivity index (χ4n) is 2.14. The Labute approximate surface area is 135 Å². The van der Waals surface area contributed by atoms with Gasteiger partial charge in [0.2, 0.25) is 5.91 Å². The number of nitrogens with two attached hydrogens (primary N) is 1. The van der Waals surface area contributed by atoms with Crippen LogP contribution in [-0.4, -0.2) is 36.8 Å². The third kappa shape index (κ3) is 2.95. The second kappa shape index (κ2) is 5.84. The zero-order valence-corrected chi connectivity index (χ0v) is 13.3. The lowest BCUT2D eigenvalue weighted by molar-refractivity contribution is -0.119. The number of fused-ring (bicyclic) bond motifs is 3. The number of carbonyl (C=O) groups is 2. The number of urea groups is 1. The van der Waals surface area contributed by atoms with Crippen molar-refractivity contribution >= 4 is 40.3 Å². The molecule has 0 spiro atoms. The van der Waals surface area contributed by atoms with Crippen molar-refractivity contribution in [3.05, 3.63) is 30.1 Å². The zero-order valence-electron chi connectivity index (χ0n) is 12.5. The van der Waals surface area contributed by atoms with Gasteiger partial charge in [-0.3, -0.25) is 10.1 Å². The number of nitrogens with zero attached hydrogens (tertiary/aromatic N) is 4. The maximum absolute atomic E-state index is 11.9. The Hall–Kier alpha value is -2.68. The van der Waals surface area contributed by atoms with Crippen LogP contribution in [0.1, 0.15) is 12.7 Å². The Morgan fingerprint density at radius 1 is 1.30 bits per heavy atom. The van der Waals surface area contributed by atoms with E-state index in [1.54, 1.807) is 18.4 Å². The van der Waals surface area contributed by atoms with Gasteiger partial charge in [-0.1, -0.05) is 23.9 Å². The number of hydrogen-bond donors (Lipinski definition) is 2. The third-order valence-electron chi connectivity index (χ3n) is 3.15. The molecule has 0 aliphatic rings. The molecule has 2 aromatic heterocycles. The molecule has 1 atom stereocenters. The van der Waals surface area contributed by atoms with Gasteiger partial charge in [-0.05, 0) is 26.0 Å². The normalized spacial score (nSPS) is 12.4. The van der Waals surface area contributed by atoms with Crippen molar-refractivity contribution in [1.29, 1.82) is 0 Å². The topological polar surface area (TPSA) is 115 Å². The van der Waals surface area contributed by atoms with E-state index in [-0.39, 0.29) is 0 Å². The number of thioether (sulfide) groups is 1. The predicted octanol–water partition coefficient (Wildman–Crippen LogP) is 1.26. The summed E-state index contributed by atoms with van der Waals surface area (Å²) >= 11 is 1.18. The number of rotatable bonds is 3. The van der Waals surface area contributed by atoms with Gasteiger partial charge in [0.15, 0.2) is 10.8 Å². The third-order valence-corrected chi connectivity index (χ3v) is 4.20. The first-order valence-electron chi connectivity index (χ1n) is 6.85. The van der Waals surface area contributed by atoms with Crippen LogP contribution in [0.15, 0.2) is 29.4 Å². The second-order valence-electron chi connectivity index (χ2n) is 4.92. The number of nitrogens with one attached hydrogen (secondary N) is 1. The predicted molar refractivity (Wildman–Crippen MR) is 86.1 cm³/mol. The summed E-state index contributed by atoms with van der Waals surface area (Å²) in [5.74, 6) is 0.127. The molecule has 8 nitrogen and oxygen atoms in total. The van der Waals surface area contributed by atoms with Crippen LogP contribution < -0.4 is 11.1 Å². The Morgan fingerprint density at radius 2 is 2.04 bits per heavy atom. The first-order chi connectivity index (χ1) is 11.0. The summed E-state index contributed by atoms with van der Waals surface area (Å²) in [6.07, 6.45) is 0. The lowest BCUT2D eigenvalue weighted by Gasteiger charge is -2.11. The second-order valence-corrected chi connectivity index (χ2v) is 6.23. The lowest BCUT2D eigenvalue weighted by atomic mass is 10.2. The number of carbonyl (C=O) groups excluding carboxylic acids is 2. The average Bonchev–Trinajstić information content (AvgIpc) is 2.88. The molecular formula is C14H14N6O2S. The quantitative estimate of drug-likeness (QED) is 0.552. The molecule has 23 heavy (non-hydrogen) atoms. The Balaban J connectivity index is 2.05. The maximum Gasteiger partial charge on any atom is 0.318 e. The number of aryl methyl sites for hydroxylation is 1. The van der Waals surface area contributed by atoms with Crippen LogP contribution in [0.5, 0.6) is 0 Å². The largest absolute Gasteiger partial charge is 0.351 e. The van der Waals surface area contributed by atoms with Crippen LogP contribution in [-0.2, 0) is 4.79 Å². The molecule has 1 aromatic carbocycles. The summed E-state index contributed by atoms with van der Waals surface area (Å²) in [5, 5.41) is 7.23. The van der Waals surface area contributed by atoms with Crippen molar-refractivity contribution in [2.45, 2.75) is 24.3 Å². The van der Waals surface area contributed by atoms with E-state index in [1.165, 1.54) is 11.8 Å². The maximum atomic E-state index is 11.9. The molecule has 118 valence electrons. The highest BCUT2D eigenvalue weighted by Crippen LogP contribution is 2.26. The van der Waals surface area contributed by atoms with Crippen molar-refractivity contribution in [3.8, 4) is 0 Å². The van der Waals surface area contributed by atoms with Gasteiger partial charge in [0.05, 0.1) is 10.8 Å². The molecule has 3 aromatic rings. The number of imide groups is 1. The molecule has 2 heterocycles. The smallest absolute Gasteiger partial charge is 0.318 e. The highest BCUT2D eigenvalue weighted by molar-refractivity contribution is 8.00.